The molecule has 2 aliphatic rings. The molecule has 1 aromatic carbocycles. The summed E-state index contributed by atoms with van der Waals surface area (Å²) in [7, 11) is 0. The fourth-order valence-corrected chi connectivity index (χ4v) is 3.83. The lowest BCUT2D eigenvalue weighted by Crippen LogP contribution is -2.15. The molecule has 0 amide bonds. The molecular weight excluding hydrogens is 194 g/mol. The van der Waals surface area contributed by atoms with E-state index >= 15 is 0 Å². The van der Waals surface area contributed by atoms with Crippen LogP contribution in [-0.4, -0.2) is 0 Å². The van der Waals surface area contributed by atoms with Crippen LogP contribution in [0, 0.1) is 31.6 Å². The van der Waals surface area contributed by atoms with Gasteiger partial charge in [-0.15, -0.1) is 0 Å². The van der Waals surface area contributed by atoms with Crippen molar-refractivity contribution in [2.75, 3.05) is 0 Å². The summed E-state index contributed by atoms with van der Waals surface area (Å²) >= 11 is 0. The van der Waals surface area contributed by atoms with Crippen molar-refractivity contribution >= 4 is 0 Å². The molecule has 1 nitrogen and oxygen atoms in total. The molecule has 86 valence electrons. The molecule has 3 atom stereocenters. The van der Waals surface area contributed by atoms with Crippen molar-refractivity contribution in [2.45, 2.75) is 39.2 Å². The van der Waals surface area contributed by atoms with Gasteiger partial charge in [-0.1, -0.05) is 35.7 Å². The lowest BCUT2D eigenvalue weighted by Gasteiger charge is -2.15. The van der Waals surface area contributed by atoms with Gasteiger partial charge in [0, 0.05) is 6.04 Å². The summed E-state index contributed by atoms with van der Waals surface area (Å²) in [4.78, 5) is 0. The molecular formula is C15H21N. The van der Waals surface area contributed by atoms with E-state index < -0.39 is 0 Å². The smallest absolute Gasteiger partial charge is 0.0329 e. The summed E-state index contributed by atoms with van der Waals surface area (Å²) < 4.78 is 0. The first-order chi connectivity index (χ1) is 7.66. The van der Waals surface area contributed by atoms with Gasteiger partial charge in [0.2, 0.25) is 0 Å². The number of nitrogens with two attached hydrogens (primary N) is 1. The molecule has 2 N–H and O–H groups in total. The van der Waals surface area contributed by atoms with Crippen LogP contribution in [0.2, 0.25) is 0 Å². The van der Waals surface area contributed by atoms with Crippen molar-refractivity contribution in [2.24, 2.45) is 23.5 Å². The minimum Gasteiger partial charge on any atom is -0.324 e. The summed E-state index contributed by atoms with van der Waals surface area (Å²) in [6, 6.07) is 7.05. The molecule has 16 heavy (non-hydrogen) atoms. The molecule has 0 aromatic heterocycles. The molecule has 1 heteroatoms. The van der Waals surface area contributed by atoms with Gasteiger partial charge >= 0.3 is 0 Å². The molecule has 0 heterocycles. The standard InChI is InChI=1S/C15H21N/c1-9-6-10(2)8-11(7-9)15(16)14-12-4-3-5-13(12)14/h6-8,12-15H,3-5,16H2,1-2H3. The van der Waals surface area contributed by atoms with E-state index in [1.807, 2.05) is 0 Å². The maximum absolute atomic E-state index is 6.43. The van der Waals surface area contributed by atoms with Gasteiger partial charge in [0.15, 0.2) is 0 Å². The molecule has 0 aliphatic heterocycles. The van der Waals surface area contributed by atoms with Crippen molar-refractivity contribution in [1.29, 1.82) is 0 Å². The largest absolute Gasteiger partial charge is 0.324 e. The van der Waals surface area contributed by atoms with Crippen molar-refractivity contribution < 1.29 is 0 Å². The third-order valence-corrected chi connectivity index (χ3v) is 4.52. The second kappa shape index (κ2) is 3.59. The molecule has 0 spiro atoms. The Morgan fingerprint density at radius 1 is 1.06 bits per heavy atom. The monoisotopic (exact) mass is 215 g/mol. The number of hydrogen-bond acceptors (Lipinski definition) is 1. The van der Waals surface area contributed by atoms with E-state index in [1.165, 1.54) is 36.0 Å². The van der Waals surface area contributed by atoms with E-state index in [0.717, 1.165) is 17.8 Å². The molecule has 2 aliphatic carbocycles. The number of hydrogen-bond donors (Lipinski definition) is 1. The molecule has 0 saturated heterocycles. The third kappa shape index (κ3) is 1.58. The summed E-state index contributed by atoms with van der Waals surface area (Å²) in [6.07, 6.45) is 4.28. The lowest BCUT2D eigenvalue weighted by atomic mass is 9.95. The topological polar surface area (TPSA) is 26.0 Å². The second-order valence-electron chi connectivity index (χ2n) is 5.78. The van der Waals surface area contributed by atoms with E-state index in [2.05, 4.69) is 32.0 Å². The zero-order valence-electron chi connectivity index (χ0n) is 10.2. The molecule has 1 aromatic rings. The lowest BCUT2D eigenvalue weighted by molar-refractivity contribution is 0.501. The minimum atomic E-state index is 0.286. The van der Waals surface area contributed by atoms with Crippen molar-refractivity contribution in [1.82, 2.24) is 0 Å². The van der Waals surface area contributed by atoms with Gasteiger partial charge in [0.1, 0.15) is 0 Å². The zero-order chi connectivity index (χ0) is 11.3. The van der Waals surface area contributed by atoms with Crippen LogP contribution in [0.25, 0.3) is 0 Å². The second-order valence-corrected chi connectivity index (χ2v) is 5.78. The molecule has 3 unspecified atom stereocenters. The number of benzene rings is 1. The fourth-order valence-electron chi connectivity index (χ4n) is 3.83. The summed E-state index contributed by atoms with van der Waals surface area (Å²) in [5, 5.41) is 0. The van der Waals surface area contributed by atoms with Gasteiger partial charge < -0.3 is 5.73 Å². The molecule has 0 bridgehead atoms. The summed E-state index contributed by atoms with van der Waals surface area (Å²) in [5.41, 5.74) is 10.5. The number of fused-ring (bicyclic) bond motifs is 1. The first kappa shape index (κ1) is 10.3. The van der Waals surface area contributed by atoms with E-state index in [1.54, 1.807) is 0 Å². The van der Waals surface area contributed by atoms with Gasteiger partial charge in [0.05, 0.1) is 0 Å². The van der Waals surface area contributed by atoms with Gasteiger partial charge in [-0.3, -0.25) is 0 Å². The Morgan fingerprint density at radius 2 is 1.62 bits per heavy atom. The Labute approximate surface area is 98.0 Å². The van der Waals surface area contributed by atoms with E-state index in [-0.39, 0.29) is 6.04 Å². The fraction of sp³-hybridized carbons (Fsp3) is 0.600. The number of rotatable bonds is 2. The Balaban J connectivity index is 1.81. The van der Waals surface area contributed by atoms with E-state index in [0.29, 0.717) is 0 Å². The minimum absolute atomic E-state index is 0.286. The predicted molar refractivity (Wildman–Crippen MR) is 67.2 cm³/mol. The maximum Gasteiger partial charge on any atom is 0.0329 e. The van der Waals surface area contributed by atoms with Crippen LogP contribution in [0.3, 0.4) is 0 Å². The van der Waals surface area contributed by atoms with Gasteiger partial charge in [0.25, 0.3) is 0 Å². The third-order valence-electron chi connectivity index (χ3n) is 4.52. The van der Waals surface area contributed by atoms with Crippen molar-refractivity contribution in [3.8, 4) is 0 Å². The average molecular weight is 215 g/mol. The highest BCUT2D eigenvalue weighted by atomic mass is 14.7. The summed E-state index contributed by atoms with van der Waals surface area (Å²) in [6.45, 7) is 4.33. The van der Waals surface area contributed by atoms with Crippen LogP contribution in [0.5, 0.6) is 0 Å². The SMILES string of the molecule is Cc1cc(C)cc(C(N)C2C3CCCC32)c1. The van der Waals surface area contributed by atoms with Gasteiger partial charge in [-0.25, -0.2) is 0 Å². The predicted octanol–water partition coefficient (Wildman–Crippen LogP) is 3.35. The Kier molecular flexibility index (Phi) is 2.32. The molecule has 2 saturated carbocycles. The van der Waals surface area contributed by atoms with Gasteiger partial charge in [-0.2, -0.15) is 0 Å². The first-order valence-corrected chi connectivity index (χ1v) is 6.50. The molecule has 2 fully saturated rings. The van der Waals surface area contributed by atoms with Crippen LogP contribution in [0.4, 0.5) is 0 Å². The Morgan fingerprint density at radius 3 is 2.19 bits per heavy atom. The normalized spacial score (nSPS) is 33.6. The van der Waals surface area contributed by atoms with E-state index in [4.69, 9.17) is 5.73 Å². The first-order valence-electron chi connectivity index (χ1n) is 6.50. The maximum atomic E-state index is 6.43. The quantitative estimate of drug-likeness (QED) is 0.804. The van der Waals surface area contributed by atoms with Crippen LogP contribution in [0.1, 0.15) is 42.0 Å². The van der Waals surface area contributed by atoms with Crippen LogP contribution < -0.4 is 5.73 Å². The highest BCUT2D eigenvalue weighted by Crippen LogP contribution is 2.61. The van der Waals surface area contributed by atoms with Gasteiger partial charge in [-0.05, 0) is 50.0 Å². The Hall–Kier alpha value is -0.820. The highest BCUT2D eigenvalue weighted by molar-refractivity contribution is 5.32. The highest BCUT2D eigenvalue weighted by Gasteiger charge is 2.55. The molecule has 0 radical (unpaired) electrons. The van der Waals surface area contributed by atoms with Crippen molar-refractivity contribution in [3.05, 3.63) is 34.9 Å². The zero-order valence-corrected chi connectivity index (χ0v) is 10.2. The van der Waals surface area contributed by atoms with Crippen LogP contribution >= 0.6 is 0 Å². The average Bonchev–Trinajstić information content (AvgIpc) is 2.68. The molecule has 3 rings (SSSR count). The van der Waals surface area contributed by atoms with E-state index in [9.17, 15) is 0 Å². The summed E-state index contributed by atoms with van der Waals surface area (Å²) in [5.74, 6) is 2.70. The Bertz CT molecular complexity index is 380. The number of aryl methyl sites for hydroxylation is 2. The van der Waals surface area contributed by atoms with Crippen LogP contribution in [-0.2, 0) is 0 Å². The van der Waals surface area contributed by atoms with Crippen molar-refractivity contribution in [3.63, 3.8) is 0 Å². The van der Waals surface area contributed by atoms with Crippen LogP contribution in [0.15, 0.2) is 18.2 Å².